The number of aliphatic carboxylic acids is 1. The van der Waals surface area contributed by atoms with Gasteiger partial charge in [-0.1, -0.05) is 6.92 Å². The summed E-state index contributed by atoms with van der Waals surface area (Å²) in [5.74, 6) is -1.02. The van der Waals surface area contributed by atoms with E-state index in [2.05, 4.69) is 0 Å². The van der Waals surface area contributed by atoms with Gasteiger partial charge in [0.15, 0.2) is 9.84 Å². The molecule has 1 atom stereocenters. The van der Waals surface area contributed by atoms with E-state index < -0.39 is 31.2 Å². The molecule has 2 rings (SSSR count). The molecule has 7 nitrogen and oxygen atoms in total. The van der Waals surface area contributed by atoms with Gasteiger partial charge in [0.05, 0.1) is 21.0 Å². The number of hydrogen-bond donors (Lipinski definition) is 1. The van der Waals surface area contributed by atoms with E-state index in [0.29, 0.717) is 6.42 Å². The van der Waals surface area contributed by atoms with Crippen molar-refractivity contribution in [1.82, 2.24) is 4.31 Å². The first kappa shape index (κ1) is 18.9. The lowest BCUT2D eigenvalue weighted by Crippen LogP contribution is -2.34. The third-order valence-electron chi connectivity index (χ3n) is 4.25. The number of sulfonamides is 1. The van der Waals surface area contributed by atoms with Crippen molar-refractivity contribution >= 4 is 25.8 Å². The summed E-state index contributed by atoms with van der Waals surface area (Å²) in [6.07, 6.45) is 0.717. The molecule has 24 heavy (non-hydrogen) atoms. The molecule has 1 aliphatic heterocycles. The second-order valence-corrected chi connectivity index (χ2v) is 10.3. The molecule has 1 aromatic carbocycles. The van der Waals surface area contributed by atoms with Crippen molar-refractivity contribution in [3.05, 3.63) is 24.3 Å². The van der Waals surface area contributed by atoms with Crippen LogP contribution in [0.5, 0.6) is 0 Å². The van der Waals surface area contributed by atoms with Crippen molar-refractivity contribution in [2.24, 2.45) is 5.41 Å². The second-order valence-electron chi connectivity index (χ2n) is 6.24. The minimum absolute atomic E-state index is 0.00217. The number of carboxylic acid groups (broad SMARTS) is 1. The zero-order valence-electron chi connectivity index (χ0n) is 13.6. The third kappa shape index (κ3) is 3.47. The van der Waals surface area contributed by atoms with E-state index in [-0.39, 0.29) is 35.1 Å². The van der Waals surface area contributed by atoms with Gasteiger partial charge in [-0.15, -0.1) is 0 Å². The number of sulfone groups is 1. The Morgan fingerprint density at radius 2 is 1.71 bits per heavy atom. The third-order valence-corrected chi connectivity index (χ3v) is 8.04. The molecule has 134 valence electrons. The SMILES string of the molecule is CCCS(=O)(=O)c1ccc(S(=O)(=O)N2CCC(C)(C(=O)O)C2)cc1. The molecule has 9 heteroatoms. The van der Waals surface area contributed by atoms with E-state index in [9.17, 15) is 26.7 Å². The molecule has 0 saturated carbocycles. The average molecular weight is 375 g/mol. The van der Waals surface area contributed by atoms with Gasteiger partial charge in [-0.25, -0.2) is 16.8 Å². The first-order valence-corrected chi connectivity index (χ1v) is 10.7. The van der Waals surface area contributed by atoms with Crippen LogP contribution in [0.1, 0.15) is 26.7 Å². The summed E-state index contributed by atoms with van der Waals surface area (Å²) in [4.78, 5) is 11.3. The Morgan fingerprint density at radius 1 is 1.17 bits per heavy atom. The first-order chi connectivity index (χ1) is 11.0. The van der Waals surface area contributed by atoms with Gasteiger partial charge in [-0.2, -0.15) is 4.31 Å². The summed E-state index contributed by atoms with van der Waals surface area (Å²) in [6, 6.07) is 5.08. The highest BCUT2D eigenvalue weighted by Crippen LogP contribution is 2.33. The van der Waals surface area contributed by atoms with Gasteiger partial charge < -0.3 is 5.11 Å². The Labute approximate surface area is 142 Å². The summed E-state index contributed by atoms with van der Waals surface area (Å²) in [5.41, 5.74) is -1.10. The molecule has 1 aliphatic rings. The van der Waals surface area contributed by atoms with Gasteiger partial charge in [-0.3, -0.25) is 4.79 Å². The molecule has 1 aromatic rings. The van der Waals surface area contributed by atoms with Crippen LogP contribution in [-0.4, -0.2) is 51.1 Å². The Morgan fingerprint density at radius 3 is 2.17 bits per heavy atom. The molecule has 1 heterocycles. The predicted molar refractivity (Wildman–Crippen MR) is 87.9 cm³/mol. The molecular formula is C15H21NO6S2. The highest BCUT2D eigenvalue weighted by atomic mass is 32.2. The molecule has 0 bridgehead atoms. The van der Waals surface area contributed by atoms with Crippen LogP contribution in [0.15, 0.2) is 34.1 Å². The predicted octanol–water partition coefficient (Wildman–Crippen LogP) is 1.36. The fourth-order valence-corrected chi connectivity index (χ4v) is 5.54. The standard InChI is InChI=1S/C15H21NO6S2/c1-3-10-23(19,20)12-4-6-13(7-5-12)24(21,22)16-9-8-15(2,11-16)14(17)18/h4-7H,3,8-11H2,1-2H3,(H,17,18). The van der Waals surface area contributed by atoms with Gasteiger partial charge in [0.2, 0.25) is 10.0 Å². The van der Waals surface area contributed by atoms with Crippen LogP contribution >= 0.6 is 0 Å². The molecule has 0 aromatic heterocycles. The molecule has 0 spiro atoms. The van der Waals surface area contributed by atoms with Crippen LogP contribution in [0.4, 0.5) is 0 Å². The van der Waals surface area contributed by atoms with Crippen LogP contribution in [-0.2, 0) is 24.7 Å². The van der Waals surface area contributed by atoms with Crippen molar-refractivity contribution in [1.29, 1.82) is 0 Å². The minimum Gasteiger partial charge on any atom is -0.481 e. The lowest BCUT2D eigenvalue weighted by atomic mass is 9.90. The Bertz CT molecular complexity index is 829. The van der Waals surface area contributed by atoms with E-state index in [1.165, 1.54) is 31.2 Å². The van der Waals surface area contributed by atoms with Crippen LogP contribution in [0.25, 0.3) is 0 Å². The number of rotatable bonds is 6. The van der Waals surface area contributed by atoms with Crippen molar-refractivity contribution in [3.8, 4) is 0 Å². The van der Waals surface area contributed by atoms with Gasteiger partial charge >= 0.3 is 5.97 Å². The Hall–Kier alpha value is -1.45. The fourth-order valence-electron chi connectivity index (χ4n) is 2.65. The first-order valence-electron chi connectivity index (χ1n) is 7.59. The maximum atomic E-state index is 12.6. The number of hydrogen-bond acceptors (Lipinski definition) is 5. The highest BCUT2D eigenvalue weighted by molar-refractivity contribution is 7.91. The molecule has 1 saturated heterocycles. The van der Waals surface area contributed by atoms with Crippen LogP contribution in [0, 0.1) is 5.41 Å². The number of benzene rings is 1. The molecule has 1 fully saturated rings. The highest BCUT2D eigenvalue weighted by Gasteiger charge is 2.44. The number of nitrogens with zero attached hydrogens (tertiary/aromatic N) is 1. The summed E-state index contributed by atoms with van der Waals surface area (Å²) < 4.78 is 50.3. The van der Waals surface area contributed by atoms with Gasteiger partial charge in [0.1, 0.15) is 0 Å². The lowest BCUT2D eigenvalue weighted by molar-refractivity contribution is -0.146. The number of carboxylic acids is 1. The smallest absolute Gasteiger partial charge is 0.310 e. The van der Waals surface area contributed by atoms with E-state index >= 15 is 0 Å². The van der Waals surface area contributed by atoms with Crippen molar-refractivity contribution < 1.29 is 26.7 Å². The van der Waals surface area contributed by atoms with Gasteiger partial charge in [0.25, 0.3) is 0 Å². The van der Waals surface area contributed by atoms with Crippen molar-refractivity contribution in [3.63, 3.8) is 0 Å². The van der Waals surface area contributed by atoms with Crippen LogP contribution in [0.2, 0.25) is 0 Å². The summed E-state index contributed by atoms with van der Waals surface area (Å²) >= 11 is 0. The minimum atomic E-state index is -3.84. The number of carbonyl (C=O) groups is 1. The zero-order chi connectivity index (χ0) is 18.2. The summed E-state index contributed by atoms with van der Waals surface area (Å²) in [5, 5.41) is 9.21. The lowest BCUT2D eigenvalue weighted by Gasteiger charge is -2.20. The maximum Gasteiger partial charge on any atom is 0.310 e. The molecule has 0 radical (unpaired) electrons. The summed E-state index contributed by atoms with van der Waals surface area (Å²) in [6.45, 7) is 3.30. The largest absolute Gasteiger partial charge is 0.481 e. The molecule has 1 N–H and O–H groups in total. The van der Waals surface area contributed by atoms with Crippen molar-refractivity contribution in [2.75, 3.05) is 18.8 Å². The second kappa shape index (κ2) is 6.45. The average Bonchev–Trinajstić information content (AvgIpc) is 2.92. The monoisotopic (exact) mass is 375 g/mol. The quantitative estimate of drug-likeness (QED) is 0.804. The van der Waals surface area contributed by atoms with Gasteiger partial charge in [0, 0.05) is 13.1 Å². The Kier molecular flexibility index (Phi) is 5.08. The van der Waals surface area contributed by atoms with E-state index in [1.807, 2.05) is 0 Å². The molecular weight excluding hydrogens is 354 g/mol. The maximum absolute atomic E-state index is 12.6. The van der Waals surface area contributed by atoms with Crippen LogP contribution < -0.4 is 0 Å². The topological polar surface area (TPSA) is 109 Å². The Balaban J connectivity index is 2.27. The molecule has 0 aliphatic carbocycles. The van der Waals surface area contributed by atoms with E-state index in [4.69, 9.17) is 0 Å². The van der Waals surface area contributed by atoms with Gasteiger partial charge in [-0.05, 0) is 44.0 Å². The van der Waals surface area contributed by atoms with E-state index in [1.54, 1.807) is 6.92 Å². The van der Waals surface area contributed by atoms with Crippen LogP contribution in [0.3, 0.4) is 0 Å². The normalized spacial score (nSPS) is 22.6. The molecule has 0 amide bonds. The summed E-state index contributed by atoms with van der Waals surface area (Å²) in [7, 11) is -7.25. The molecule has 1 unspecified atom stereocenters. The van der Waals surface area contributed by atoms with Crippen molar-refractivity contribution in [2.45, 2.75) is 36.5 Å². The zero-order valence-corrected chi connectivity index (χ0v) is 15.2. The van der Waals surface area contributed by atoms with E-state index in [0.717, 1.165) is 4.31 Å². The fraction of sp³-hybridized carbons (Fsp3) is 0.533.